The minimum Gasteiger partial charge on any atom is -0.467 e. The van der Waals surface area contributed by atoms with Gasteiger partial charge in [0, 0.05) is 10.6 Å². The van der Waals surface area contributed by atoms with Gasteiger partial charge in [-0.1, -0.05) is 91.0 Å². The molecular weight excluding hydrogens is 343 g/mol. The molecule has 0 unspecified atom stereocenters. The molecule has 132 valence electrons. The molecule has 3 aromatic carbocycles. The van der Waals surface area contributed by atoms with Gasteiger partial charge in [0.05, 0.1) is 15.3 Å². The number of esters is 1. The summed E-state index contributed by atoms with van der Waals surface area (Å²) in [5, 5.41) is 2.08. The van der Waals surface area contributed by atoms with Gasteiger partial charge in [0.15, 0.2) is 5.60 Å². The fourth-order valence-corrected chi connectivity index (χ4v) is 4.66. The van der Waals surface area contributed by atoms with Crippen molar-refractivity contribution in [3.63, 3.8) is 0 Å². The molecule has 3 aromatic rings. The highest BCUT2D eigenvalue weighted by Gasteiger charge is 2.41. The van der Waals surface area contributed by atoms with E-state index >= 15 is 0 Å². The second kappa shape index (κ2) is 8.27. The van der Waals surface area contributed by atoms with Crippen molar-refractivity contribution < 1.29 is 14.1 Å². The molecule has 0 N–H and O–H groups in total. The van der Waals surface area contributed by atoms with Crippen LogP contribution in [0, 0.1) is 0 Å². The minimum absolute atomic E-state index is 0.414. The van der Waals surface area contributed by atoms with Gasteiger partial charge < -0.3 is 9.26 Å². The molecule has 0 spiro atoms. The Bertz CT molecular complexity index is 798. The number of benzene rings is 3. The number of rotatable bonds is 6. The van der Waals surface area contributed by atoms with Crippen molar-refractivity contribution in [2.75, 3.05) is 7.11 Å². The van der Waals surface area contributed by atoms with Crippen LogP contribution in [0.5, 0.6) is 0 Å². The van der Waals surface area contributed by atoms with Crippen LogP contribution in [0.15, 0.2) is 91.0 Å². The molecule has 26 heavy (non-hydrogen) atoms. The lowest BCUT2D eigenvalue weighted by molar-refractivity contribution is -0.157. The van der Waals surface area contributed by atoms with Gasteiger partial charge in [-0.05, 0) is 12.5 Å². The molecule has 0 aliphatic heterocycles. The van der Waals surface area contributed by atoms with E-state index in [-0.39, 0.29) is 0 Å². The third-order valence-corrected chi connectivity index (χ3v) is 6.24. The maximum atomic E-state index is 12.7. The van der Waals surface area contributed by atoms with Crippen molar-refractivity contribution in [3.05, 3.63) is 96.6 Å². The van der Waals surface area contributed by atoms with E-state index in [1.165, 1.54) is 7.11 Å². The van der Waals surface area contributed by atoms with Crippen LogP contribution in [0.25, 0.3) is 0 Å². The summed E-state index contributed by atoms with van der Waals surface area (Å²) in [5.41, 5.74) is -0.431. The summed E-state index contributed by atoms with van der Waals surface area (Å²) in [4.78, 5) is 12.7. The van der Waals surface area contributed by atoms with E-state index in [2.05, 4.69) is 0 Å². The second-order valence-electron chi connectivity index (χ2n) is 5.95. The summed E-state index contributed by atoms with van der Waals surface area (Å²) in [5.74, 6) is -0.414. The molecule has 0 aliphatic carbocycles. The predicted molar refractivity (Wildman–Crippen MR) is 106 cm³/mol. The van der Waals surface area contributed by atoms with Gasteiger partial charge in [-0.15, -0.1) is 0 Å². The van der Waals surface area contributed by atoms with Gasteiger partial charge in [0.1, 0.15) is 0 Å². The van der Waals surface area contributed by atoms with Gasteiger partial charge in [-0.25, -0.2) is 4.79 Å². The summed E-state index contributed by atoms with van der Waals surface area (Å²) in [6.07, 6.45) is 0. The molecule has 0 saturated carbocycles. The standard InChI is InChI=1S/C22H21O3P/c1-22(21(23)24-2,18-12-6-3-7-13-18)25-26(19-14-8-4-9-15-19)20-16-10-5-11-17-20/h3-17H,1-2H3/t22-/m1/s1. The first kappa shape index (κ1) is 18.3. The lowest BCUT2D eigenvalue weighted by atomic mass is 9.96. The maximum Gasteiger partial charge on any atom is 0.342 e. The van der Waals surface area contributed by atoms with Gasteiger partial charge in [0.25, 0.3) is 0 Å². The lowest BCUT2D eigenvalue weighted by Gasteiger charge is -2.32. The first-order valence-electron chi connectivity index (χ1n) is 8.38. The normalized spacial score (nSPS) is 13.2. The lowest BCUT2D eigenvalue weighted by Crippen LogP contribution is -2.37. The highest BCUT2D eigenvalue weighted by molar-refractivity contribution is 7.68. The Balaban J connectivity index is 2.07. The Labute approximate surface area is 155 Å². The smallest absolute Gasteiger partial charge is 0.342 e. The Morgan fingerprint density at radius 2 is 1.19 bits per heavy atom. The molecule has 1 atom stereocenters. The summed E-state index contributed by atoms with van der Waals surface area (Å²) in [7, 11) is 0.188. The molecular formula is C22H21O3P. The molecule has 0 fully saturated rings. The molecule has 0 heterocycles. The molecule has 0 bridgehead atoms. The van der Waals surface area contributed by atoms with Crippen molar-refractivity contribution in [2.24, 2.45) is 0 Å². The SMILES string of the molecule is COC(=O)[C@](C)(OP(c1ccccc1)c1ccccc1)c1ccccc1. The first-order chi connectivity index (χ1) is 12.6. The topological polar surface area (TPSA) is 35.5 Å². The quantitative estimate of drug-likeness (QED) is 0.487. The van der Waals surface area contributed by atoms with Crippen LogP contribution in [-0.4, -0.2) is 13.1 Å². The van der Waals surface area contributed by atoms with Crippen LogP contribution in [0.4, 0.5) is 0 Å². The zero-order valence-corrected chi connectivity index (χ0v) is 15.7. The third-order valence-electron chi connectivity index (χ3n) is 4.15. The molecule has 3 rings (SSSR count). The van der Waals surface area contributed by atoms with Crippen LogP contribution >= 0.6 is 8.15 Å². The predicted octanol–water partition coefficient (Wildman–Crippen LogP) is 4.14. The maximum absolute atomic E-state index is 12.7. The van der Waals surface area contributed by atoms with Crippen molar-refractivity contribution in [1.82, 2.24) is 0 Å². The Hall–Kier alpha value is -2.48. The zero-order valence-electron chi connectivity index (χ0n) is 14.8. The monoisotopic (exact) mass is 364 g/mol. The van der Waals surface area contributed by atoms with Crippen LogP contribution in [0.3, 0.4) is 0 Å². The summed E-state index contributed by atoms with van der Waals surface area (Å²) in [6.45, 7) is 1.77. The molecule has 0 aliphatic rings. The number of carbonyl (C=O) groups excluding carboxylic acids is 1. The van der Waals surface area contributed by atoms with Crippen molar-refractivity contribution in [2.45, 2.75) is 12.5 Å². The third kappa shape index (κ3) is 3.85. The Morgan fingerprint density at radius 3 is 1.62 bits per heavy atom. The molecule has 0 radical (unpaired) electrons. The van der Waals surface area contributed by atoms with Crippen LogP contribution < -0.4 is 10.6 Å². The fourth-order valence-electron chi connectivity index (χ4n) is 2.72. The summed E-state index contributed by atoms with van der Waals surface area (Å²) >= 11 is 0. The molecule has 3 nitrogen and oxygen atoms in total. The van der Waals surface area contributed by atoms with Crippen molar-refractivity contribution in [3.8, 4) is 0 Å². The van der Waals surface area contributed by atoms with Gasteiger partial charge >= 0.3 is 5.97 Å². The minimum atomic E-state index is -1.20. The molecule has 4 heteroatoms. The van der Waals surface area contributed by atoms with Crippen LogP contribution in [0.1, 0.15) is 12.5 Å². The van der Waals surface area contributed by atoms with Gasteiger partial charge in [0.2, 0.25) is 0 Å². The van der Waals surface area contributed by atoms with E-state index in [9.17, 15) is 4.79 Å². The first-order valence-corrected chi connectivity index (χ1v) is 9.64. The van der Waals surface area contributed by atoms with E-state index in [1.807, 2.05) is 91.0 Å². The van der Waals surface area contributed by atoms with E-state index < -0.39 is 19.7 Å². The second-order valence-corrected chi connectivity index (χ2v) is 7.75. The largest absolute Gasteiger partial charge is 0.467 e. The molecule has 0 saturated heterocycles. The Kier molecular flexibility index (Phi) is 5.82. The van der Waals surface area contributed by atoms with Crippen molar-refractivity contribution >= 4 is 24.7 Å². The number of ether oxygens (including phenoxy) is 1. The highest BCUT2D eigenvalue weighted by Crippen LogP contribution is 2.44. The van der Waals surface area contributed by atoms with E-state index in [1.54, 1.807) is 6.92 Å². The number of methoxy groups -OCH3 is 1. The average Bonchev–Trinajstić information content (AvgIpc) is 2.73. The summed E-state index contributed by atoms with van der Waals surface area (Å²) < 4.78 is 11.6. The average molecular weight is 364 g/mol. The van der Waals surface area contributed by atoms with Crippen LogP contribution in [-0.2, 0) is 19.7 Å². The van der Waals surface area contributed by atoms with Crippen LogP contribution in [0.2, 0.25) is 0 Å². The van der Waals surface area contributed by atoms with E-state index in [0.717, 1.165) is 16.2 Å². The van der Waals surface area contributed by atoms with Gasteiger partial charge in [-0.2, -0.15) is 0 Å². The number of hydrogen-bond acceptors (Lipinski definition) is 3. The zero-order chi connectivity index (χ0) is 18.4. The number of hydrogen-bond donors (Lipinski definition) is 0. The molecule has 0 amide bonds. The van der Waals surface area contributed by atoms with E-state index in [4.69, 9.17) is 9.26 Å². The fraction of sp³-hybridized carbons (Fsp3) is 0.136. The Morgan fingerprint density at radius 1 is 0.769 bits per heavy atom. The van der Waals surface area contributed by atoms with Gasteiger partial charge in [-0.3, -0.25) is 0 Å². The number of carbonyl (C=O) groups is 1. The summed E-state index contributed by atoms with van der Waals surface area (Å²) in [6, 6.07) is 29.5. The van der Waals surface area contributed by atoms with Crippen molar-refractivity contribution in [1.29, 1.82) is 0 Å². The van der Waals surface area contributed by atoms with E-state index in [0.29, 0.717) is 0 Å². The highest BCUT2D eigenvalue weighted by atomic mass is 31.1. The molecule has 0 aromatic heterocycles.